The average Bonchev–Trinajstić information content (AvgIpc) is 3.07. The zero-order valence-electron chi connectivity index (χ0n) is 9.03. The van der Waals surface area contributed by atoms with Crippen LogP contribution in [0.5, 0.6) is 0 Å². The Kier molecular flexibility index (Phi) is 2.64. The fourth-order valence-corrected chi connectivity index (χ4v) is 2.38. The normalized spacial score (nSPS) is 15.2. The van der Waals surface area contributed by atoms with Crippen molar-refractivity contribution in [1.29, 1.82) is 0 Å². The second-order valence-corrected chi connectivity index (χ2v) is 5.51. The highest BCUT2D eigenvalue weighted by Gasteiger charge is 2.26. The summed E-state index contributed by atoms with van der Waals surface area (Å²) in [6.07, 6.45) is 4.22. The van der Waals surface area contributed by atoms with Crippen LogP contribution in [0.3, 0.4) is 0 Å². The van der Waals surface area contributed by atoms with Crippen LogP contribution < -0.4 is 5.73 Å². The van der Waals surface area contributed by atoms with Gasteiger partial charge in [-0.3, -0.25) is 0 Å². The molecule has 0 unspecified atom stereocenters. The highest BCUT2D eigenvalue weighted by Crippen LogP contribution is 2.39. The molecule has 1 aromatic heterocycles. The molecule has 1 saturated carbocycles. The Morgan fingerprint density at radius 3 is 2.82 bits per heavy atom. The minimum atomic E-state index is 0.548. The molecule has 1 heterocycles. The van der Waals surface area contributed by atoms with Crippen molar-refractivity contribution in [3.8, 4) is 11.3 Å². The van der Waals surface area contributed by atoms with Gasteiger partial charge < -0.3 is 10.3 Å². The first-order valence-corrected chi connectivity index (χ1v) is 6.61. The first-order valence-electron chi connectivity index (χ1n) is 5.44. The Hall–Kier alpha value is -1.00. The Labute approximate surface area is 113 Å². The minimum Gasteiger partial charge on any atom is -0.383 e. The second-order valence-electron chi connectivity index (χ2n) is 4.25. The standard InChI is InChI=1S/C12H11BrClN3/c13-9-5-7(1-4-10(9)14)11-12(15)17(6-16-11)8-2-3-8/h1,4-6,8H,2-3,15H2. The van der Waals surface area contributed by atoms with Gasteiger partial charge in [0.1, 0.15) is 11.5 Å². The molecule has 3 rings (SSSR count). The lowest BCUT2D eigenvalue weighted by atomic mass is 10.1. The fourth-order valence-electron chi connectivity index (χ4n) is 1.88. The van der Waals surface area contributed by atoms with E-state index in [0.29, 0.717) is 11.1 Å². The Balaban J connectivity index is 2.05. The molecule has 0 atom stereocenters. The number of imidazole rings is 1. The van der Waals surface area contributed by atoms with Gasteiger partial charge in [0, 0.05) is 16.1 Å². The summed E-state index contributed by atoms with van der Waals surface area (Å²) in [7, 11) is 0. The van der Waals surface area contributed by atoms with E-state index < -0.39 is 0 Å². The zero-order valence-corrected chi connectivity index (χ0v) is 11.4. The highest BCUT2D eigenvalue weighted by molar-refractivity contribution is 9.10. The number of hydrogen-bond donors (Lipinski definition) is 1. The summed E-state index contributed by atoms with van der Waals surface area (Å²) < 4.78 is 2.91. The first-order chi connectivity index (χ1) is 8.16. The van der Waals surface area contributed by atoms with Crippen molar-refractivity contribution in [1.82, 2.24) is 9.55 Å². The molecule has 0 spiro atoms. The molecule has 1 aliphatic rings. The first kappa shape index (κ1) is 11.1. The molecule has 0 radical (unpaired) electrons. The third kappa shape index (κ3) is 1.96. The zero-order chi connectivity index (χ0) is 12.0. The topological polar surface area (TPSA) is 43.8 Å². The summed E-state index contributed by atoms with van der Waals surface area (Å²) in [5.41, 5.74) is 7.93. The van der Waals surface area contributed by atoms with Gasteiger partial charge in [0.15, 0.2) is 0 Å². The molecule has 0 aliphatic heterocycles. The Morgan fingerprint density at radius 1 is 1.41 bits per heavy atom. The van der Waals surface area contributed by atoms with E-state index in [1.54, 1.807) is 0 Å². The molecule has 88 valence electrons. The van der Waals surface area contributed by atoms with Crippen molar-refractivity contribution in [2.45, 2.75) is 18.9 Å². The number of anilines is 1. The van der Waals surface area contributed by atoms with Crippen molar-refractivity contribution < 1.29 is 0 Å². The van der Waals surface area contributed by atoms with Crippen LogP contribution in [0.1, 0.15) is 18.9 Å². The molecule has 2 aromatic rings. The van der Waals surface area contributed by atoms with E-state index in [1.165, 1.54) is 12.8 Å². The number of rotatable bonds is 2. The molecule has 3 nitrogen and oxygen atoms in total. The summed E-state index contributed by atoms with van der Waals surface area (Å²) in [6.45, 7) is 0. The van der Waals surface area contributed by atoms with E-state index in [2.05, 4.69) is 25.5 Å². The van der Waals surface area contributed by atoms with Gasteiger partial charge in [0.05, 0.1) is 11.3 Å². The minimum absolute atomic E-state index is 0.548. The largest absolute Gasteiger partial charge is 0.383 e. The summed E-state index contributed by atoms with van der Waals surface area (Å²) in [4.78, 5) is 4.39. The van der Waals surface area contributed by atoms with E-state index in [-0.39, 0.29) is 0 Å². The van der Waals surface area contributed by atoms with E-state index in [4.69, 9.17) is 17.3 Å². The van der Waals surface area contributed by atoms with Crippen molar-refractivity contribution in [2.75, 3.05) is 5.73 Å². The van der Waals surface area contributed by atoms with Crippen molar-refractivity contribution in [2.24, 2.45) is 0 Å². The van der Waals surface area contributed by atoms with Gasteiger partial charge in [-0.05, 0) is 40.9 Å². The quantitative estimate of drug-likeness (QED) is 0.914. The van der Waals surface area contributed by atoms with Crippen LogP contribution in [0.25, 0.3) is 11.3 Å². The van der Waals surface area contributed by atoms with Gasteiger partial charge in [-0.15, -0.1) is 0 Å². The van der Waals surface area contributed by atoms with Gasteiger partial charge in [-0.2, -0.15) is 0 Å². The van der Waals surface area contributed by atoms with E-state index in [9.17, 15) is 0 Å². The third-order valence-corrected chi connectivity index (χ3v) is 4.18. The smallest absolute Gasteiger partial charge is 0.131 e. The maximum absolute atomic E-state index is 6.12. The lowest BCUT2D eigenvalue weighted by molar-refractivity contribution is 0.751. The molecule has 0 amide bonds. The van der Waals surface area contributed by atoms with Gasteiger partial charge in [0.2, 0.25) is 0 Å². The SMILES string of the molecule is Nc1c(-c2ccc(Cl)c(Br)c2)ncn1C1CC1. The number of hydrogen-bond acceptors (Lipinski definition) is 2. The monoisotopic (exact) mass is 311 g/mol. The van der Waals surface area contributed by atoms with Gasteiger partial charge >= 0.3 is 0 Å². The van der Waals surface area contributed by atoms with Gasteiger partial charge in [-0.1, -0.05) is 17.7 Å². The number of nitrogen functional groups attached to an aromatic ring is 1. The average molecular weight is 313 g/mol. The van der Waals surface area contributed by atoms with Crippen LogP contribution in [0, 0.1) is 0 Å². The fraction of sp³-hybridized carbons (Fsp3) is 0.250. The van der Waals surface area contributed by atoms with Crippen molar-refractivity contribution >= 4 is 33.3 Å². The molecule has 0 saturated heterocycles. The molecule has 0 bridgehead atoms. The summed E-state index contributed by atoms with van der Waals surface area (Å²) in [5.74, 6) is 0.738. The summed E-state index contributed by atoms with van der Waals surface area (Å²) >= 11 is 9.38. The molecule has 17 heavy (non-hydrogen) atoms. The Morgan fingerprint density at radius 2 is 2.18 bits per heavy atom. The number of halogens is 2. The summed E-state index contributed by atoms with van der Waals surface area (Å²) in [5, 5.41) is 0.689. The molecule has 1 fully saturated rings. The summed E-state index contributed by atoms with van der Waals surface area (Å²) in [6, 6.07) is 6.27. The number of nitrogens with zero attached hydrogens (tertiary/aromatic N) is 2. The van der Waals surface area contributed by atoms with E-state index in [1.807, 2.05) is 24.5 Å². The van der Waals surface area contributed by atoms with Crippen LogP contribution >= 0.6 is 27.5 Å². The molecule has 1 aliphatic carbocycles. The molecular formula is C12H11BrClN3. The van der Waals surface area contributed by atoms with Crippen molar-refractivity contribution in [3.05, 3.63) is 34.0 Å². The molecule has 5 heteroatoms. The van der Waals surface area contributed by atoms with Crippen molar-refractivity contribution in [3.63, 3.8) is 0 Å². The number of benzene rings is 1. The van der Waals surface area contributed by atoms with Gasteiger partial charge in [0.25, 0.3) is 0 Å². The van der Waals surface area contributed by atoms with Crippen LogP contribution in [-0.4, -0.2) is 9.55 Å². The number of nitrogens with two attached hydrogens (primary N) is 1. The van der Waals surface area contributed by atoms with Crippen LogP contribution in [-0.2, 0) is 0 Å². The molecule has 1 aromatic carbocycles. The Bertz CT molecular complexity index is 575. The van der Waals surface area contributed by atoms with E-state index in [0.717, 1.165) is 21.5 Å². The predicted octanol–water partition coefficient (Wildman–Crippen LogP) is 3.88. The lowest BCUT2D eigenvalue weighted by Gasteiger charge is -2.04. The predicted molar refractivity (Wildman–Crippen MR) is 73.1 cm³/mol. The van der Waals surface area contributed by atoms with Crippen LogP contribution in [0.2, 0.25) is 5.02 Å². The number of aromatic nitrogens is 2. The second kappa shape index (κ2) is 4.03. The molecular weight excluding hydrogens is 302 g/mol. The maximum atomic E-state index is 6.12. The maximum Gasteiger partial charge on any atom is 0.131 e. The van der Waals surface area contributed by atoms with Crippen LogP contribution in [0.4, 0.5) is 5.82 Å². The highest BCUT2D eigenvalue weighted by atomic mass is 79.9. The lowest BCUT2D eigenvalue weighted by Crippen LogP contribution is -1.99. The van der Waals surface area contributed by atoms with Gasteiger partial charge in [-0.25, -0.2) is 4.98 Å². The third-order valence-electron chi connectivity index (χ3n) is 2.97. The molecule has 2 N–H and O–H groups in total. The van der Waals surface area contributed by atoms with E-state index >= 15 is 0 Å². The van der Waals surface area contributed by atoms with Crippen LogP contribution in [0.15, 0.2) is 29.0 Å².